The smallest absolute Gasteiger partial charge is 0.338 e. The number of Topliss-reactive ketones (excluding diaryl/α,β-unsaturated/α-hetero) is 1. The first-order chi connectivity index (χ1) is 17.4. The van der Waals surface area contributed by atoms with E-state index in [1.54, 1.807) is 42.6 Å². The van der Waals surface area contributed by atoms with Crippen LogP contribution in [-0.2, 0) is 14.3 Å². The van der Waals surface area contributed by atoms with E-state index in [2.05, 4.69) is 4.98 Å². The number of hydrogen-bond acceptors (Lipinski definition) is 7. The number of rotatable bonds is 7. The Morgan fingerprint density at radius 3 is 2.64 bits per heavy atom. The van der Waals surface area contributed by atoms with Crippen LogP contribution < -0.4 is 9.64 Å². The van der Waals surface area contributed by atoms with Crippen molar-refractivity contribution in [2.75, 3.05) is 18.6 Å². The highest BCUT2D eigenvalue weighted by atomic mass is 35.5. The fourth-order valence-corrected chi connectivity index (χ4v) is 4.18. The van der Waals surface area contributed by atoms with E-state index in [-0.39, 0.29) is 34.0 Å². The standard InChI is InChI=1S/C27H23ClN2O6/c1-3-12-36-27(34)16-6-4-8-18(13-16)30-23(17-7-5-11-29-15-17)22(25(32)26(30)33)24(31)20-14-19(35-2)9-10-21(20)28/h4-11,13-15,23,31H,3,12H2,1-2H3/b24-22+. The number of carbonyl (C=O) groups excluding carboxylic acids is 3. The average Bonchev–Trinajstić information content (AvgIpc) is 3.17. The Morgan fingerprint density at radius 1 is 1.14 bits per heavy atom. The molecule has 4 rings (SSSR count). The summed E-state index contributed by atoms with van der Waals surface area (Å²) in [6, 6.07) is 13.2. The summed E-state index contributed by atoms with van der Waals surface area (Å²) in [7, 11) is 1.46. The van der Waals surface area contributed by atoms with Crippen LogP contribution in [0, 0.1) is 0 Å². The molecule has 2 heterocycles. The summed E-state index contributed by atoms with van der Waals surface area (Å²) >= 11 is 6.33. The van der Waals surface area contributed by atoms with Gasteiger partial charge in [0.15, 0.2) is 0 Å². The number of esters is 1. The number of hydrogen-bond donors (Lipinski definition) is 1. The van der Waals surface area contributed by atoms with Gasteiger partial charge in [0.1, 0.15) is 11.5 Å². The van der Waals surface area contributed by atoms with Crippen molar-refractivity contribution in [2.24, 2.45) is 0 Å². The molecule has 0 aliphatic carbocycles. The van der Waals surface area contributed by atoms with Gasteiger partial charge in [-0.2, -0.15) is 0 Å². The second-order valence-corrected chi connectivity index (χ2v) is 8.39. The maximum atomic E-state index is 13.3. The highest BCUT2D eigenvalue weighted by molar-refractivity contribution is 6.52. The van der Waals surface area contributed by atoms with Crippen molar-refractivity contribution in [2.45, 2.75) is 19.4 Å². The molecule has 184 valence electrons. The molecule has 9 heteroatoms. The molecular formula is C27H23ClN2O6. The van der Waals surface area contributed by atoms with E-state index in [9.17, 15) is 19.5 Å². The number of anilines is 1. The summed E-state index contributed by atoms with van der Waals surface area (Å²) in [6.45, 7) is 2.14. The maximum absolute atomic E-state index is 13.3. The van der Waals surface area contributed by atoms with Crippen LogP contribution in [0.25, 0.3) is 5.76 Å². The Kier molecular flexibility index (Phi) is 7.36. The molecule has 36 heavy (non-hydrogen) atoms. The lowest BCUT2D eigenvalue weighted by molar-refractivity contribution is -0.132. The van der Waals surface area contributed by atoms with Crippen molar-refractivity contribution >= 4 is 40.7 Å². The Balaban J connectivity index is 1.89. The van der Waals surface area contributed by atoms with Gasteiger partial charge in [-0.1, -0.05) is 30.7 Å². The van der Waals surface area contributed by atoms with E-state index < -0.39 is 29.5 Å². The van der Waals surface area contributed by atoms with E-state index >= 15 is 0 Å². The summed E-state index contributed by atoms with van der Waals surface area (Å²) in [5, 5.41) is 11.5. The topological polar surface area (TPSA) is 106 Å². The Morgan fingerprint density at radius 2 is 1.94 bits per heavy atom. The van der Waals surface area contributed by atoms with Crippen LogP contribution in [0.2, 0.25) is 5.02 Å². The Hall–Kier alpha value is -4.17. The number of nitrogens with zero attached hydrogens (tertiary/aromatic N) is 2. The second-order valence-electron chi connectivity index (χ2n) is 7.99. The van der Waals surface area contributed by atoms with Crippen molar-refractivity contribution < 1.29 is 29.0 Å². The first kappa shape index (κ1) is 24.9. The van der Waals surface area contributed by atoms with Crippen LogP contribution in [0.15, 0.2) is 72.6 Å². The molecule has 1 aliphatic rings. The minimum atomic E-state index is -1.03. The maximum Gasteiger partial charge on any atom is 0.338 e. The number of aliphatic hydroxyl groups is 1. The number of ketones is 1. The summed E-state index contributed by atoms with van der Waals surface area (Å²) in [5.74, 6) is -2.36. The van der Waals surface area contributed by atoms with E-state index in [1.807, 2.05) is 6.92 Å². The lowest BCUT2D eigenvalue weighted by atomic mass is 9.96. The van der Waals surface area contributed by atoms with Gasteiger partial charge < -0.3 is 14.6 Å². The minimum absolute atomic E-state index is 0.139. The largest absolute Gasteiger partial charge is 0.507 e. The molecule has 1 amide bonds. The average molecular weight is 507 g/mol. The van der Waals surface area contributed by atoms with Crippen LogP contribution in [0.1, 0.15) is 40.9 Å². The molecule has 1 atom stereocenters. The summed E-state index contributed by atoms with van der Waals surface area (Å²) in [5.41, 5.74) is 0.967. The molecule has 1 unspecified atom stereocenters. The molecule has 1 aliphatic heterocycles. The van der Waals surface area contributed by atoms with Crippen molar-refractivity contribution in [1.29, 1.82) is 0 Å². The first-order valence-electron chi connectivity index (χ1n) is 11.2. The molecule has 0 radical (unpaired) electrons. The summed E-state index contributed by atoms with van der Waals surface area (Å²) < 4.78 is 10.4. The van der Waals surface area contributed by atoms with E-state index in [0.29, 0.717) is 17.7 Å². The van der Waals surface area contributed by atoms with Crippen LogP contribution in [0.4, 0.5) is 5.69 Å². The molecule has 1 N–H and O–H groups in total. The fraction of sp³-hybridized carbons (Fsp3) is 0.185. The number of methoxy groups -OCH3 is 1. The van der Waals surface area contributed by atoms with E-state index in [4.69, 9.17) is 21.1 Å². The molecule has 1 aromatic heterocycles. The molecule has 0 spiro atoms. The molecule has 3 aromatic rings. The van der Waals surface area contributed by atoms with Gasteiger partial charge in [0.25, 0.3) is 11.7 Å². The quantitative estimate of drug-likeness (QED) is 0.209. The van der Waals surface area contributed by atoms with Crippen molar-refractivity contribution in [3.63, 3.8) is 0 Å². The third kappa shape index (κ3) is 4.67. The number of aliphatic hydroxyl groups excluding tert-OH is 1. The van der Waals surface area contributed by atoms with E-state index in [0.717, 1.165) is 0 Å². The number of aromatic nitrogens is 1. The predicted molar refractivity (Wildman–Crippen MR) is 134 cm³/mol. The molecule has 8 nitrogen and oxygen atoms in total. The van der Waals surface area contributed by atoms with Crippen LogP contribution in [0.3, 0.4) is 0 Å². The molecule has 1 fully saturated rings. The van der Waals surface area contributed by atoms with E-state index in [1.165, 1.54) is 36.4 Å². The SMILES string of the molecule is CCCOC(=O)c1cccc(N2C(=O)C(=O)/C(=C(/O)c3cc(OC)ccc3Cl)C2c2cccnc2)c1. The molecule has 0 saturated carbocycles. The van der Waals surface area contributed by atoms with Gasteiger partial charge >= 0.3 is 5.97 Å². The monoisotopic (exact) mass is 506 g/mol. The molecular weight excluding hydrogens is 484 g/mol. The normalized spacial score (nSPS) is 16.8. The third-order valence-electron chi connectivity index (χ3n) is 5.67. The van der Waals surface area contributed by atoms with Gasteiger partial charge in [-0.05, 0) is 54.4 Å². The lowest BCUT2D eigenvalue weighted by Crippen LogP contribution is -2.29. The molecule has 2 aromatic carbocycles. The highest BCUT2D eigenvalue weighted by Crippen LogP contribution is 2.43. The fourth-order valence-electron chi connectivity index (χ4n) is 3.97. The van der Waals surface area contributed by atoms with Gasteiger partial charge in [0.2, 0.25) is 0 Å². The molecule has 0 bridgehead atoms. The molecule has 1 saturated heterocycles. The summed E-state index contributed by atoms with van der Waals surface area (Å²) in [4.78, 5) is 44.5. The Labute approximate surface area is 212 Å². The zero-order valence-corrected chi connectivity index (χ0v) is 20.4. The number of halogens is 1. The number of amides is 1. The van der Waals surface area contributed by atoms with Crippen molar-refractivity contribution in [3.8, 4) is 5.75 Å². The minimum Gasteiger partial charge on any atom is -0.507 e. The van der Waals surface area contributed by atoms with Crippen LogP contribution in [-0.4, -0.2) is 41.5 Å². The predicted octanol–water partition coefficient (Wildman–Crippen LogP) is 4.94. The highest BCUT2D eigenvalue weighted by Gasteiger charge is 2.47. The van der Waals surface area contributed by atoms with Crippen LogP contribution in [0.5, 0.6) is 5.75 Å². The third-order valence-corrected chi connectivity index (χ3v) is 6.00. The van der Waals surface area contributed by atoms with Crippen LogP contribution >= 0.6 is 11.6 Å². The van der Waals surface area contributed by atoms with Gasteiger partial charge in [0, 0.05) is 23.6 Å². The van der Waals surface area contributed by atoms with Gasteiger partial charge in [-0.25, -0.2) is 4.79 Å². The second kappa shape index (κ2) is 10.6. The lowest BCUT2D eigenvalue weighted by Gasteiger charge is -2.25. The zero-order chi connectivity index (χ0) is 25.8. The first-order valence-corrected chi connectivity index (χ1v) is 11.6. The van der Waals surface area contributed by atoms with Gasteiger partial charge in [-0.3, -0.25) is 19.5 Å². The van der Waals surface area contributed by atoms with Gasteiger partial charge in [-0.15, -0.1) is 0 Å². The number of ether oxygens (including phenoxy) is 2. The zero-order valence-electron chi connectivity index (χ0n) is 19.6. The summed E-state index contributed by atoms with van der Waals surface area (Å²) in [6.07, 6.45) is 3.72. The number of pyridine rings is 1. The van der Waals surface area contributed by atoms with Gasteiger partial charge in [0.05, 0.1) is 35.9 Å². The number of carbonyl (C=O) groups is 3. The van der Waals surface area contributed by atoms with Crippen molar-refractivity contribution in [3.05, 3.63) is 94.3 Å². The number of benzene rings is 2. The Bertz CT molecular complexity index is 1360. The van der Waals surface area contributed by atoms with Crippen molar-refractivity contribution in [1.82, 2.24) is 4.98 Å².